The molecule has 3 aromatic rings. The maximum Gasteiger partial charge on any atom is 0.216 e. The van der Waals surface area contributed by atoms with Gasteiger partial charge in [-0.2, -0.15) is 5.10 Å². The normalized spacial score (nSPS) is 11.6. The first-order valence-electron chi connectivity index (χ1n) is 7.58. The average Bonchev–Trinajstić information content (AvgIpc) is 3.02. The number of hydrogen-bond donors (Lipinski definition) is 1. The number of sulfonamides is 1. The molecule has 0 aliphatic rings. The summed E-state index contributed by atoms with van der Waals surface area (Å²) in [7, 11) is -1.82. The number of pyridine rings is 1. The number of benzene rings is 1. The second kappa shape index (κ2) is 7.12. The fourth-order valence-electron chi connectivity index (χ4n) is 2.32. The lowest BCUT2D eigenvalue weighted by atomic mass is 10.2. The van der Waals surface area contributed by atoms with E-state index in [-0.39, 0.29) is 12.1 Å². The molecule has 6 nitrogen and oxygen atoms in total. The zero-order valence-corrected chi connectivity index (χ0v) is 14.4. The van der Waals surface area contributed by atoms with Crippen molar-refractivity contribution in [2.75, 3.05) is 0 Å². The van der Waals surface area contributed by atoms with Gasteiger partial charge in [-0.15, -0.1) is 0 Å². The molecule has 0 saturated carbocycles. The third kappa shape index (κ3) is 4.49. The molecule has 1 N–H and O–H groups in total. The van der Waals surface area contributed by atoms with E-state index in [1.54, 1.807) is 35.3 Å². The van der Waals surface area contributed by atoms with E-state index < -0.39 is 21.6 Å². The van der Waals surface area contributed by atoms with Crippen LogP contribution in [0.4, 0.5) is 4.39 Å². The Morgan fingerprint density at radius 1 is 1.16 bits per heavy atom. The molecular weight excluding hydrogens is 343 g/mol. The summed E-state index contributed by atoms with van der Waals surface area (Å²) in [5, 5.41) is 4.09. The molecule has 0 bridgehead atoms. The van der Waals surface area contributed by atoms with E-state index in [0.717, 1.165) is 11.3 Å². The summed E-state index contributed by atoms with van der Waals surface area (Å²) < 4.78 is 41.9. The second-order valence-corrected chi connectivity index (χ2v) is 7.43. The van der Waals surface area contributed by atoms with E-state index in [1.807, 2.05) is 13.2 Å². The van der Waals surface area contributed by atoms with Gasteiger partial charge < -0.3 is 0 Å². The minimum atomic E-state index is -3.65. The first kappa shape index (κ1) is 17.2. The van der Waals surface area contributed by atoms with Crippen molar-refractivity contribution in [1.82, 2.24) is 19.5 Å². The van der Waals surface area contributed by atoms with Crippen LogP contribution in [0.5, 0.6) is 0 Å². The number of nitrogens with one attached hydrogen (secondary N) is 1. The first-order valence-corrected chi connectivity index (χ1v) is 9.23. The highest BCUT2D eigenvalue weighted by molar-refractivity contribution is 7.88. The van der Waals surface area contributed by atoms with Crippen molar-refractivity contribution in [3.8, 4) is 11.3 Å². The van der Waals surface area contributed by atoms with Crippen LogP contribution in [0.2, 0.25) is 0 Å². The van der Waals surface area contributed by atoms with Gasteiger partial charge in [-0.05, 0) is 17.7 Å². The van der Waals surface area contributed by atoms with Gasteiger partial charge in [0, 0.05) is 37.1 Å². The molecule has 0 aliphatic carbocycles. The SMILES string of the molecule is Cn1cc(-c2ccc(CNS(=O)(=O)Cc3ccccc3F)cn2)cn1. The predicted molar refractivity (Wildman–Crippen MR) is 92.3 cm³/mol. The van der Waals surface area contributed by atoms with Gasteiger partial charge in [0.05, 0.1) is 17.6 Å². The Kier molecular flexibility index (Phi) is 4.91. The van der Waals surface area contributed by atoms with Crippen LogP contribution < -0.4 is 4.72 Å². The maximum absolute atomic E-state index is 13.6. The monoisotopic (exact) mass is 360 g/mol. The van der Waals surface area contributed by atoms with E-state index in [9.17, 15) is 12.8 Å². The molecule has 0 spiro atoms. The standard InChI is InChI=1S/C17H17FN4O2S/c1-22-11-15(10-20-22)17-7-6-13(8-19-17)9-21-25(23,24)12-14-4-2-3-5-16(14)18/h2-8,10-11,21H,9,12H2,1H3. The van der Waals surface area contributed by atoms with E-state index in [4.69, 9.17) is 0 Å². The molecule has 0 fully saturated rings. The van der Waals surface area contributed by atoms with Gasteiger partial charge in [0.2, 0.25) is 10.0 Å². The number of aryl methyl sites for hydroxylation is 1. The maximum atomic E-state index is 13.6. The molecule has 3 rings (SSSR count). The Hall–Kier alpha value is -2.58. The van der Waals surface area contributed by atoms with Crippen molar-refractivity contribution in [2.24, 2.45) is 7.05 Å². The molecule has 130 valence electrons. The Bertz CT molecular complexity index is 968. The molecule has 0 atom stereocenters. The molecule has 0 aliphatic heterocycles. The molecule has 2 aromatic heterocycles. The van der Waals surface area contributed by atoms with Crippen LogP contribution in [0.15, 0.2) is 55.0 Å². The Balaban J connectivity index is 1.64. The molecule has 2 heterocycles. The summed E-state index contributed by atoms with van der Waals surface area (Å²) >= 11 is 0. The quantitative estimate of drug-likeness (QED) is 0.731. The summed E-state index contributed by atoms with van der Waals surface area (Å²) in [5.74, 6) is -0.934. The number of rotatable bonds is 6. The van der Waals surface area contributed by atoms with Crippen molar-refractivity contribution in [2.45, 2.75) is 12.3 Å². The van der Waals surface area contributed by atoms with Crippen LogP contribution in [0.1, 0.15) is 11.1 Å². The Morgan fingerprint density at radius 2 is 1.96 bits per heavy atom. The van der Waals surface area contributed by atoms with E-state index >= 15 is 0 Å². The van der Waals surface area contributed by atoms with Crippen LogP contribution in [-0.4, -0.2) is 23.2 Å². The largest absolute Gasteiger partial charge is 0.275 e. The van der Waals surface area contributed by atoms with E-state index in [0.29, 0.717) is 5.56 Å². The molecule has 25 heavy (non-hydrogen) atoms. The van der Waals surface area contributed by atoms with Crippen LogP contribution in [0, 0.1) is 5.82 Å². The first-order chi connectivity index (χ1) is 11.9. The fraction of sp³-hybridized carbons (Fsp3) is 0.176. The van der Waals surface area contributed by atoms with Gasteiger partial charge >= 0.3 is 0 Å². The fourth-order valence-corrected chi connectivity index (χ4v) is 3.45. The summed E-state index contributed by atoms with van der Waals surface area (Å²) in [6, 6.07) is 9.42. The Morgan fingerprint density at radius 3 is 2.60 bits per heavy atom. The van der Waals surface area contributed by atoms with Gasteiger partial charge in [-0.25, -0.2) is 17.5 Å². The topological polar surface area (TPSA) is 76.9 Å². The molecule has 8 heteroatoms. The number of nitrogens with zero attached hydrogens (tertiary/aromatic N) is 3. The lowest BCUT2D eigenvalue weighted by Crippen LogP contribution is -2.25. The van der Waals surface area contributed by atoms with Gasteiger partial charge in [-0.1, -0.05) is 24.3 Å². The third-order valence-electron chi connectivity index (χ3n) is 3.62. The molecule has 0 unspecified atom stereocenters. The second-order valence-electron chi connectivity index (χ2n) is 5.63. The third-order valence-corrected chi connectivity index (χ3v) is 4.90. The summed E-state index contributed by atoms with van der Waals surface area (Å²) in [4.78, 5) is 4.31. The van der Waals surface area contributed by atoms with Crippen LogP contribution in [0.25, 0.3) is 11.3 Å². The highest BCUT2D eigenvalue weighted by Crippen LogP contribution is 2.16. The smallest absolute Gasteiger partial charge is 0.216 e. The van der Waals surface area contributed by atoms with Crippen molar-refractivity contribution in [3.05, 3.63) is 71.9 Å². The highest BCUT2D eigenvalue weighted by Gasteiger charge is 2.14. The minimum Gasteiger partial charge on any atom is -0.275 e. The molecule has 1 aromatic carbocycles. The molecular formula is C17H17FN4O2S. The molecule has 0 radical (unpaired) electrons. The minimum absolute atomic E-state index is 0.0944. The highest BCUT2D eigenvalue weighted by atomic mass is 32.2. The van der Waals surface area contributed by atoms with Crippen LogP contribution in [0.3, 0.4) is 0 Å². The van der Waals surface area contributed by atoms with Crippen molar-refractivity contribution >= 4 is 10.0 Å². The number of aromatic nitrogens is 3. The molecule has 0 saturated heterocycles. The summed E-state index contributed by atoms with van der Waals surface area (Å²) in [5.41, 5.74) is 2.49. The van der Waals surface area contributed by atoms with Crippen molar-refractivity contribution in [1.29, 1.82) is 0 Å². The van der Waals surface area contributed by atoms with Gasteiger partial charge in [0.15, 0.2) is 0 Å². The number of halogens is 1. The van der Waals surface area contributed by atoms with E-state index in [2.05, 4.69) is 14.8 Å². The van der Waals surface area contributed by atoms with Gasteiger partial charge in [0.1, 0.15) is 5.82 Å². The number of hydrogen-bond acceptors (Lipinski definition) is 4. The molecule has 0 amide bonds. The zero-order chi connectivity index (χ0) is 17.9. The van der Waals surface area contributed by atoms with Crippen LogP contribution >= 0.6 is 0 Å². The van der Waals surface area contributed by atoms with Crippen LogP contribution in [-0.2, 0) is 29.4 Å². The summed E-state index contributed by atoms with van der Waals surface area (Å²) in [6.45, 7) is 0.0944. The van der Waals surface area contributed by atoms with Crippen molar-refractivity contribution < 1.29 is 12.8 Å². The predicted octanol–water partition coefficient (Wildman–Crippen LogP) is 2.24. The zero-order valence-electron chi connectivity index (χ0n) is 13.6. The lowest BCUT2D eigenvalue weighted by molar-refractivity contribution is 0.574. The van der Waals surface area contributed by atoms with Gasteiger partial charge in [0.25, 0.3) is 0 Å². The van der Waals surface area contributed by atoms with Crippen molar-refractivity contribution in [3.63, 3.8) is 0 Å². The lowest BCUT2D eigenvalue weighted by Gasteiger charge is -2.08. The van der Waals surface area contributed by atoms with Gasteiger partial charge in [-0.3, -0.25) is 9.67 Å². The Labute approximate surface area is 145 Å². The summed E-state index contributed by atoms with van der Waals surface area (Å²) in [6.07, 6.45) is 5.16. The average molecular weight is 360 g/mol. The van der Waals surface area contributed by atoms with E-state index in [1.165, 1.54) is 18.2 Å².